The molecular formula is C13H23N3O3S. The van der Waals surface area contributed by atoms with Crippen molar-refractivity contribution in [1.82, 2.24) is 8.87 Å². The van der Waals surface area contributed by atoms with Gasteiger partial charge in [0.2, 0.25) is 10.0 Å². The molecular weight excluding hydrogens is 278 g/mol. The van der Waals surface area contributed by atoms with Crippen molar-refractivity contribution in [2.45, 2.75) is 24.3 Å². The Bertz CT molecular complexity index is 545. The summed E-state index contributed by atoms with van der Waals surface area (Å²) in [5.74, 6) is 0.460. The van der Waals surface area contributed by atoms with Crippen molar-refractivity contribution in [3.05, 3.63) is 18.0 Å². The summed E-state index contributed by atoms with van der Waals surface area (Å²) in [6.45, 7) is 2.16. The zero-order valence-corrected chi connectivity index (χ0v) is 12.9. The molecule has 0 bridgehead atoms. The summed E-state index contributed by atoms with van der Waals surface area (Å²) in [6, 6.07) is 1.66. The Morgan fingerprint density at radius 3 is 2.55 bits per heavy atom. The molecule has 2 N–H and O–H groups in total. The fourth-order valence-electron chi connectivity index (χ4n) is 2.62. The number of piperidine rings is 1. The summed E-state index contributed by atoms with van der Waals surface area (Å²) in [6.07, 6.45) is 3.34. The molecule has 1 fully saturated rings. The van der Waals surface area contributed by atoms with Crippen molar-refractivity contribution in [3.63, 3.8) is 0 Å². The van der Waals surface area contributed by atoms with Crippen molar-refractivity contribution in [3.8, 4) is 0 Å². The molecule has 0 aromatic carbocycles. The molecule has 20 heavy (non-hydrogen) atoms. The predicted octanol–water partition coefficient (Wildman–Crippen LogP) is 0.531. The molecule has 0 saturated carbocycles. The summed E-state index contributed by atoms with van der Waals surface area (Å²) in [7, 11) is 0.0975. The van der Waals surface area contributed by atoms with Crippen molar-refractivity contribution in [1.29, 1.82) is 0 Å². The zero-order valence-electron chi connectivity index (χ0n) is 12.1. The van der Waals surface area contributed by atoms with Crippen LogP contribution in [-0.2, 0) is 28.4 Å². The summed E-state index contributed by atoms with van der Waals surface area (Å²) in [5, 5.41) is 0. The zero-order chi connectivity index (χ0) is 14.8. The smallest absolute Gasteiger partial charge is 0.244 e. The lowest BCUT2D eigenvalue weighted by atomic mass is 9.99. The first-order chi connectivity index (χ1) is 9.48. The molecule has 0 radical (unpaired) electrons. The molecule has 0 amide bonds. The second-order valence-electron chi connectivity index (χ2n) is 5.28. The molecule has 2 rings (SSSR count). The van der Waals surface area contributed by atoms with Crippen molar-refractivity contribution >= 4 is 10.0 Å². The van der Waals surface area contributed by atoms with Gasteiger partial charge in [-0.3, -0.25) is 0 Å². The van der Waals surface area contributed by atoms with Crippen LogP contribution in [0.2, 0.25) is 0 Å². The van der Waals surface area contributed by atoms with Gasteiger partial charge in [0.15, 0.2) is 0 Å². The van der Waals surface area contributed by atoms with Crippen LogP contribution in [0.3, 0.4) is 0 Å². The van der Waals surface area contributed by atoms with Crippen LogP contribution in [-0.4, -0.2) is 44.1 Å². The maximum absolute atomic E-state index is 12.6. The number of aromatic nitrogens is 1. The molecule has 7 heteroatoms. The standard InChI is InChI=1S/C13H23N3O3S/c1-15-9-13(7-12(15)8-14)20(17,18)16-5-3-11(4-6-16)10-19-2/h7,9,11H,3-6,8,10,14H2,1-2H3. The van der Waals surface area contributed by atoms with Gasteiger partial charge in [-0.15, -0.1) is 0 Å². The van der Waals surface area contributed by atoms with Crippen LogP contribution in [0.4, 0.5) is 0 Å². The molecule has 6 nitrogen and oxygen atoms in total. The Hall–Kier alpha value is -0.890. The highest BCUT2D eigenvalue weighted by molar-refractivity contribution is 7.89. The van der Waals surface area contributed by atoms with Gasteiger partial charge < -0.3 is 15.0 Å². The molecule has 1 aliphatic rings. The van der Waals surface area contributed by atoms with E-state index in [0.717, 1.165) is 18.5 Å². The quantitative estimate of drug-likeness (QED) is 0.860. The lowest BCUT2D eigenvalue weighted by Gasteiger charge is -2.30. The molecule has 0 spiro atoms. The van der Waals surface area contributed by atoms with Crippen LogP contribution in [0.25, 0.3) is 0 Å². The molecule has 1 saturated heterocycles. The van der Waals surface area contributed by atoms with Crippen LogP contribution >= 0.6 is 0 Å². The van der Waals surface area contributed by atoms with Gasteiger partial charge >= 0.3 is 0 Å². The van der Waals surface area contributed by atoms with E-state index >= 15 is 0 Å². The van der Waals surface area contributed by atoms with Gasteiger partial charge in [-0.2, -0.15) is 4.31 Å². The van der Waals surface area contributed by atoms with Gasteiger partial charge in [-0.1, -0.05) is 0 Å². The van der Waals surface area contributed by atoms with Crippen LogP contribution in [0.1, 0.15) is 18.5 Å². The maximum atomic E-state index is 12.6. The van der Waals surface area contributed by atoms with Crippen LogP contribution < -0.4 is 5.73 Å². The van der Waals surface area contributed by atoms with Crippen LogP contribution in [0.5, 0.6) is 0 Å². The number of nitrogens with zero attached hydrogens (tertiary/aromatic N) is 2. The minimum absolute atomic E-state index is 0.335. The second-order valence-corrected chi connectivity index (χ2v) is 7.22. The number of sulfonamides is 1. The van der Waals surface area contributed by atoms with Crippen LogP contribution in [0.15, 0.2) is 17.2 Å². The number of nitrogens with two attached hydrogens (primary N) is 1. The van der Waals surface area contributed by atoms with E-state index in [1.165, 1.54) is 0 Å². The van der Waals surface area contributed by atoms with Gasteiger partial charge in [0, 0.05) is 52.3 Å². The molecule has 1 aromatic heterocycles. The summed E-state index contributed by atoms with van der Waals surface area (Å²) in [5.41, 5.74) is 6.41. The average molecular weight is 301 g/mol. The van der Waals surface area contributed by atoms with Crippen molar-refractivity contribution in [2.75, 3.05) is 26.8 Å². The normalized spacial score (nSPS) is 18.6. The van der Waals surface area contributed by atoms with Gasteiger partial charge in [-0.05, 0) is 24.8 Å². The Balaban J connectivity index is 2.11. The monoisotopic (exact) mass is 301 g/mol. The fraction of sp³-hybridized carbons (Fsp3) is 0.692. The number of hydrogen-bond donors (Lipinski definition) is 1. The second kappa shape index (κ2) is 6.26. The third-order valence-electron chi connectivity index (χ3n) is 3.91. The largest absolute Gasteiger partial charge is 0.384 e. The van der Waals surface area contributed by atoms with Gasteiger partial charge in [-0.25, -0.2) is 8.42 Å². The van der Waals surface area contributed by atoms with E-state index < -0.39 is 10.0 Å². The Morgan fingerprint density at radius 1 is 1.40 bits per heavy atom. The van der Waals surface area contributed by atoms with Gasteiger partial charge in [0.1, 0.15) is 4.90 Å². The molecule has 1 aromatic rings. The minimum Gasteiger partial charge on any atom is -0.384 e. The third kappa shape index (κ3) is 3.06. The lowest BCUT2D eigenvalue weighted by molar-refractivity contribution is 0.121. The van der Waals surface area contributed by atoms with E-state index in [4.69, 9.17) is 10.5 Å². The summed E-state index contributed by atoms with van der Waals surface area (Å²) >= 11 is 0. The maximum Gasteiger partial charge on any atom is 0.244 e. The topological polar surface area (TPSA) is 77.6 Å². The van der Waals surface area contributed by atoms with E-state index in [2.05, 4.69) is 0 Å². The van der Waals surface area contributed by atoms with E-state index in [1.807, 2.05) is 7.05 Å². The summed E-state index contributed by atoms with van der Waals surface area (Å²) in [4.78, 5) is 0.339. The van der Waals surface area contributed by atoms with E-state index in [1.54, 1.807) is 28.2 Å². The first kappa shape index (κ1) is 15.5. The van der Waals surface area contributed by atoms with Crippen LogP contribution in [0, 0.1) is 5.92 Å². The van der Waals surface area contributed by atoms with Gasteiger partial charge in [0.05, 0.1) is 0 Å². The van der Waals surface area contributed by atoms with E-state index in [9.17, 15) is 8.42 Å². The highest BCUT2D eigenvalue weighted by atomic mass is 32.2. The lowest BCUT2D eigenvalue weighted by Crippen LogP contribution is -2.39. The van der Waals surface area contributed by atoms with E-state index in [-0.39, 0.29) is 0 Å². The Kier molecular flexibility index (Phi) is 4.85. The molecule has 2 heterocycles. The molecule has 0 unspecified atom stereocenters. The molecule has 114 valence electrons. The van der Waals surface area contributed by atoms with Crippen molar-refractivity contribution in [2.24, 2.45) is 18.7 Å². The first-order valence-corrected chi connectivity index (χ1v) is 8.27. The van der Waals surface area contributed by atoms with E-state index in [0.29, 0.717) is 37.1 Å². The SMILES string of the molecule is COCC1CCN(S(=O)(=O)c2cc(CN)n(C)c2)CC1. The Labute approximate surface area is 120 Å². The Morgan fingerprint density at radius 2 is 2.05 bits per heavy atom. The number of aryl methyl sites for hydroxylation is 1. The van der Waals surface area contributed by atoms with Gasteiger partial charge in [0.25, 0.3) is 0 Å². The average Bonchev–Trinajstić information content (AvgIpc) is 2.82. The highest BCUT2D eigenvalue weighted by Crippen LogP contribution is 2.24. The molecule has 0 aliphatic carbocycles. The number of ether oxygens (including phenoxy) is 1. The summed E-state index contributed by atoms with van der Waals surface area (Å²) < 4.78 is 33.6. The number of hydrogen-bond acceptors (Lipinski definition) is 4. The molecule has 0 atom stereocenters. The predicted molar refractivity (Wildman–Crippen MR) is 76.7 cm³/mol. The van der Waals surface area contributed by atoms with Crippen molar-refractivity contribution < 1.29 is 13.2 Å². The number of rotatable bonds is 5. The molecule has 1 aliphatic heterocycles. The number of methoxy groups -OCH3 is 1. The highest BCUT2D eigenvalue weighted by Gasteiger charge is 2.30. The third-order valence-corrected chi connectivity index (χ3v) is 5.77. The minimum atomic E-state index is -3.40. The first-order valence-electron chi connectivity index (χ1n) is 6.83. The fourth-order valence-corrected chi connectivity index (χ4v) is 4.19.